The highest BCUT2D eigenvalue weighted by Gasteiger charge is 2.25. The molecule has 1 aliphatic carbocycles. The van der Waals surface area contributed by atoms with E-state index in [0.717, 1.165) is 55.4 Å². The molecule has 1 amide bonds. The van der Waals surface area contributed by atoms with Gasteiger partial charge in [-0.3, -0.25) is 14.2 Å². The summed E-state index contributed by atoms with van der Waals surface area (Å²) in [4.78, 5) is 37.5. The Morgan fingerprint density at radius 1 is 1.24 bits per heavy atom. The third-order valence-corrected chi connectivity index (χ3v) is 6.73. The van der Waals surface area contributed by atoms with E-state index < -0.39 is 0 Å². The second-order valence-corrected chi connectivity index (χ2v) is 9.65. The molecule has 0 aromatic carbocycles. The highest BCUT2D eigenvalue weighted by molar-refractivity contribution is 7.18. The lowest BCUT2D eigenvalue weighted by atomic mass is 9.89. The van der Waals surface area contributed by atoms with E-state index in [1.54, 1.807) is 15.9 Å². The minimum atomic E-state index is -0.0415. The van der Waals surface area contributed by atoms with Gasteiger partial charge in [0.2, 0.25) is 5.91 Å². The van der Waals surface area contributed by atoms with Crippen molar-refractivity contribution < 1.29 is 4.79 Å². The zero-order chi connectivity index (χ0) is 21.1. The van der Waals surface area contributed by atoms with Gasteiger partial charge in [0.1, 0.15) is 17.2 Å². The number of hydrogen-bond acceptors (Lipinski definition) is 5. The molecule has 29 heavy (non-hydrogen) atoms. The van der Waals surface area contributed by atoms with Crippen molar-refractivity contribution in [2.45, 2.75) is 66.0 Å². The van der Waals surface area contributed by atoms with Crippen LogP contribution >= 0.6 is 11.3 Å². The van der Waals surface area contributed by atoms with Crippen molar-refractivity contribution in [1.29, 1.82) is 0 Å². The van der Waals surface area contributed by atoms with Gasteiger partial charge in [-0.1, -0.05) is 20.8 Å². The number of thiophene rings is 1. The molecule has 1 unspecified atom stereocenters. The largest absolute Gasteiger partial charge is 0.341 e. The Morgan fingerprint density at radius 3 is 2.55 bits per heavy atom. The molecule has 0 fully saturated rings. The zero-order valence-corrected chi connectivity index (χ0v) is 19.3. The van der Waals surface area contributed by atoms with Gasteiger partial charge >= 0.3 is 0 Å². The van der Waals surface area contributed by atoms with E-state index in [0.29, 0.717) is 18.3 Å². The summed E-state index contributed by atoms with van der Waals surface area (Å²) in [5.41, 5.74) is 1.14. The summed E-state index contributed by atoms with van der Waals surface area (Å²) in [5, 5.41) is 0.754. The van der Waals surface area contributed by atoms with Crippen molar-refractivity contribution in [3.63, 3.8) is 0 Å². The van der Waals surface area contributed by atoms with Crippen molar-refractivity contribution in [3.05, 3.63) is 26.6 Å². The van der Waals surface area contributed by atoms with Gasteiger partial charge < -0.3 is 9.80 Å². The number of aryl methyl sites for hydroxylation is 1. The fraction of sp³-hybridized carbons (Fsp3) is 0.682. The molecule has 0 saturated heterocycles. The maximum Gasteiger partial charge on any atom is 0.263 e. The lowest BCUT2D eigenvalue weighted by molar-refractivity contribution is -0.132. The molecule has 6 nitrogen and oxygen atoms in total. The molecule has 1 atom stereocenters. The lowest BCUT2D eigenvalue weighted by Gasteiger charge is -2.23. The fourth-order valence-corrected chi connectivity index (χ4v) is 5.56. The molecule has 2 aromatic rings. The molecule has 2 aromatic heterocycles. The van der Waals surface area contributed by atoms with Gasteiger partial charge in [-0.25, -0.2) is 4.98 Å². The monoisotopic (exact) mass is 418 g/mol. The number of nitrogens with zero attached hydrogens (tertiary/aromatic N) is 4. The molecule has 160 valence electrons. The van der Waals surface area contributed by atoms with Crippen LogP contribution in [0.3, 0.4) is 0 Å². The average molecular weight is 419 g/mol. The molecule has 7 heteroatoms. The van der Waals surface area contributed by atoms with Crippen molar-refractivity contribution >= 4 is 27.5 Å². The van der Waals surface area contributed by atoms with Gasteiger partial charge in [-0.15, -0.1) is 11.3 Å². The molecule has 1 aliphatic rings. The van der Waals surface area contributed by atoms with Crippen LogP contribution in [0, 0.1) is 5.92 Å². The summed E-state index contributed by atoms with van der Waals surface area (Å²) in [6, 6.07) is 0. The summed E-state index contributed by atoms with van der Waals surface area (Å²) >= 11 is 1.67. The van der Waals surface area contributed by atoms with Crippen LogP contribution in [0.25, 0.3) is 10.2 Å². The van der Waals surface area contributed by atoms with E-state index in [4.69, 9.17) is 4.98 Å². The summed E-state index contributed by atoms with van der Waals surface area (Å²) < 4.78 is 1.63. The van der Waals surface area contributed by atoms with Crippen LogP contribution in [-0.4, -0.2) is 52.4 Å². The first-order chi connectivity index (χ1) is 13.8. The molecule has 0 radical (unpaired) electrons. The number of rotatable bonds is 8. The van der Waals surface area contributed by atoms with E-state index >= 15 is 0 Å². The zero-order valence-electron chi connectivity index (χ0n) is 18.5. The Balaban J connectivity index is 2.07. The first-order valence-electron chi connectivity index (χ1n) is 10.8. The number of carbonyl (C=O) groups is 1. The van der Waals surface area contributed by atoms with Crippen LogP contribution in [0.4, 0.5) is 0 Å². The Kier molecular flexibility index (Phi) is 7.11. The van der Waals surface area contributed by atoms with Crippen LogP contribution in [0.15, 0.2) is 4.79 Å². The highest BCUT2D eigenvalue weighted by atomic mass is 32.1. The maximum absolute atomic E-state index is 13.6. The number of fused-ring (bicyclic) bond motifs is 3. The molecular weight excluding hydrogens is 384 g/mol. The molecule has 0 aliphatic heterocycles. The fourth-order valence-electron chi connectivity index (χ4n) is 4.17. The molecular formula is C22H34N4O2S. The summed E-state index contributed by atoms with van der Waals surface area (Å²) in [6.45, 7) is 8.49. The SMILES string of the molecule is CCCN(CCC)C(=O)Cn1c(CN(C)C)nc2sc3c(c2c1=O)CCC(C)C3. The normalized spacial score (nSPS) is 16.4. The first kappa shape index (κ1) is 22.0. The third kappa shape index (κ3) is 4.72. The smallest absolute Gasteiger partial charge is 0.263 e. The Hall–Kier alpha value is -1.73. The highest BCUT2D eigenvalue weighted by Crippen LogP contribution is 2.35. The number of hydrogen-bond donors (Lipinski definition) is 0. The first-order valence-corrected chi connectivity index (χ1v) is 11.6. The lowest BCUT2D eigenvalue weighted by Crippen LogP contribution is -2.39. The summed E-state index contributed by atoms with van der Waals surface area (Å²) in [5.74, 6) is 1.34. The molecule has 2 heterocycles. The second-order valence-electron chi connectivity index (χ2n) is 8.57. The number of aromatic nitrogens is 2. The minimum absolute atomic E-state index is 0.00896. The summed E-state index contributed by atoms with van der Waals surface area (Å²) in [6.07, 6.45) is 4.90. The quantitative estimate of drug-likeness (QED) is 0.660. The molecule has 0 saturated carbocycles. The van der Waals surface area contributed by atoms with E-state index in [9.17, 15) is 9.59 Å². The van der Waals surface area contributed by atoms with Crippen molar-refractivity contribution in [3.8, 4) is 0 Å². The van der Waals surface area contributed by atoms with E-state index in [1.807, 2.05) is 23.9 Å². The van der Waals surface area contributed by atoms with Gasteiger partial charge in [0.05, 0.1) is 11.9 Å². The van der Waals surface area contributed by atoms with Crippen LogP contribution in [0.5, 0.6) is 0 Å². The van der Waals surface area contributed by atoms with Crippen molar-refractivity contribution in [2.75, 3.05) is 27.2 Å². The Morgan fingerprint density at radius 2 is 1.93 bits per heavy atom. The minimum Gasteiger partial charge on any atom is -0.341 e. The Bertz CT molecular complexity index is 925. The van der Waals surface area contributed by atoms with E-state index in [2.05, 4.69) is 20.8 Å². The van der Waals surface area contributed by atoms with Gasteiger partial charge in [-0.05, 0) is 57.7 Å². The van der Waals surface area contributed by atoms with Crippen molar-refractivity contribution in [1.82, 2.24) is 19.4 Å². The van der Waals surface area contributed by atoms with Gasteiger partial charge in [-0.2, -0.15) is 0 Å². The van der Waals surface area contributed by atoms with Gasteiger partial charge in [0.15, 0.2) is 0 Å². The van der Waals surface area contributed by atoms with Crippen LogP contribution < -0.4 is 5.56 Å². The molecule has 3 rings (SSSR count). The topological polar surface area (TPSA) is 58.4 Å². The predicted molar refractivity (Wildman–Crippen MR) is 120 cm³/mol. The average Bonchev–Trinajstić information content (AvgIpc) is 3.01. The van der Waals surface area contributed by atoms with Gasteiger partial charge in [0, 0.05) is 18.0 Å². The molecule has 0 bridgehead atoms. The predicted octanol–water partition coefficient (Wildman–Crippen LogP) is 3.29. The van der Waals surface area contributed by atoms with Crippen molar-refractivity contribution in [2.24, 2.45) is 5.92 Å². The second kappa shape index (κ2) is 9.39. The van der Waals surface area contributed by atoms with Gasteiger partial charge in [0.25, 0.3) is 5.56 Å². The van der Waals surface area contributed by atoms with Crippen LogP contribution in [-0.2, 0) is 30.7 Å². The van der Waals surface area contributed by atoms with E-state index in [-0.39, 0.29) is 18.0 Å². The third-order valence-electron chi connectivity index (χ3n) is 5.59. The van der Waals surface area contributed by atoms with E-state index in [1.165, 1.54) is 10.4 Å². The summed E-state index contributed by atoms with van der Waals surface area (Å²) in [7, 11) is 3.92. The molecule has 0 spiro atoms. The van der Waals surface area contributed by atoms with Crippen LogP contribution in [0.2, 0.25) is 0 Å². The molecule has 0 N–H and O–H groups in total. The standard InChI is InChI=1S/C22H34N4O2S/c1-6-10-25(11-7-2)19(27)14-26-18(13-24(4)5)23-21-20(22(26)28)16-9-8-15(3)12-17(16)29-21/h15H,6-14H2,1-5H3. The maximum atomic E-state index is 13.6. The number of carbonyl (C=O) groups excluding carboxylic acids is 1. The number of amides is 1. The Labute approximate surface area is 177 Å². The van der Waals surface area contributed by atoms with Crippen LogP contribution in [0.1, 0.15) is 56.3 Å².